The van der Waals surface area contributed by atoms with E-state index in [2.05, 4.69) is 19.9 Å². The molecular formula is C15H24ClNS. The van der Waals surface area contributed by atoms with Crippen molar-refractivity contribution in [3.8, 4) is 0 Å². The SMILES string of the molecule is CCCCCSc1c(Cl)cccc1CC(N)CC. The number of halogens is 1. The van der Waals surface area contributed by atoms with Gasteiger partial charge in [0.15, 0.2) is 0 Å². The molecule has 1 atom stereocenters. The highest BCUT2D eigenvalue weighted by atomic mass is 35.5. The summed E-state index contributed by atoms with van der Waals surface area (Å²) in [5.41, 5.74) is 7.35. The lowest BCUT2D eigenvalue weighted by Gasteiger charge is -2.14. The lowest BCUT2D eigenvalue weighted by atomic mass is 10.0. The van der Waals surface area contributed by atoms with E-state index in [1.165, 1.54) is 29.7 Å². The maximum Gasteiger partial charge on any atom is 0.0544 e. The first kappa shape index (κ1) is 15.9. The third kappa shape index (κ3) is 5.21. The largest absolute Gasteiger partial charge is 0.327 e. The Labute approximate surface area is 120 Å². The highest BCUT2D eigenvalue weighted by molar-refractivity contribution is 7.99. The second kappa shape index (κ2) is 8.84. The molecule has 1 aromatic rings. The average Bonchev–Trinajstić information content (AvgIpc) is 2.37. The Bertz CT molecular complexity index is 354. The number of rotatable bonds is 8. The molecule has 0 aromatic heterocycles. The van der Waals surface area contributed by atoms with Crippen molar-refractivity contribution in [2.45, 2.75) is 56.9 Å². The number of nitrogens with two attached hydrogens (primary N) is 1. The monoisotopic (exact) mass is 285 g/mol. The fourth-order valence-electron chi connectivity index (χ4n) is 1.83. The van der Waals surface area contributed by atoms with Crippen LogP contribution in [0.25, 0.3) is 0 Å². The van der Waals surface area contributed by atoms with Gasteiger partial charge in [0, 0.05) is 10.9 Å². The molecule has 1 nitrogen and oxygen atoms in total. The maximum atomic E-state index is 6.31. The van der Waals surface area contributed by atoms with E-state index in [9.17, 15) is 0 Å². The molecule has 3 heteroatoms. The van der Waals surface area contributed by atoms with E-state index < -0.39 is 0 Å². The Balaban J connectivity index is 2.67. The molecule has 0 aliphatic rings. The molecule has 0 fully saturated rings. The van der Waals surface area contributed by atoms with Gasteiger partial charge in [-0.15, -0.1) is 11.8 Å². The van der Waals surface area contributed by atoms with Crippen LogP contribution in [0.5, 0.6) is 0 Å². The van der Waals surface area contributed by atoms with E-state index in [4.69, 9.17) is 17.3 Å². The second-order valence-electron chi connectivity index (χ2n) is 4.66. The summed E-state index contributed by atoms with van der Waals surface area (Å²) in [7, 11) is 0. The third-order valence-corrected chi connectivity index (χ3v) is 4.74. The summed E-state index contributed by atoms with van der Waals surface area (Å²) in [6.07, 6.45) is 5.74. The summed E-state index contributed by atoms with van der Waals surface area (Å²) >= 11 is 8.19. The molecule has 0 saturated carbocycles. The first-order valence-electron chi connectivity index (χ1n) is 6.84. The van der Waals surface area contributed by atoms with Crippen molar-refractivity contribution in [3.63, 3.8) is 0 Å². The van der Waals surface area contributed by atoms with Gasteiger partial charge in [0.05, 0.1) is 5.02 Å². The molecule has 0 bridgehead atoms. The highest BCUT2D eigenvalue weighted by Gasteiger charge is 2.10. The first-order valence-corrected chi connectivity index (χ1v) is 8.21. The van der Waals surface area contributed by atoms with Crippen LogP contribution in [0, 0.1) is 0 Å². The van der Waals surface area contributed by atoms with E-state index in [0.717, 1.165) is 23.6 Å². The zero-order chi connectivity index (χ0) is 13.4. The van der Waals surface area contributed by atoms with E-state index >= 15 is 0 Å². The van der Waals surface area contributed by atoms with Crippen LogP contribution in [-0.2, 0) is 6.42 Å². The van der Waals surface area contributed by atoms with Crippen LogP contribution < -0.4 is 5.73 Å². The molecule has 0 radical (unpaired) electrons. The molecule has 1 unspecified atom stereocenters. The first-order chi connectivity index (χ1) is 8.69. The molecule has 1 rings (SSSR count). The average molecular weight is 286 g/mol. The number of unbranched alkanes of at least 4 members (excludes halogenated alkanes) is 2. The topological polar surface area (TPSA) is 26.0 Å². The second-order valence-corrected chi connectivity index (χ2v) is 6.17. The van der Waals surface area contributed by atoms with Crippen molar-refractivity contribution >= 4 is 23.4 Å². The molecular weight excluding hydrogens is 262 g/mol. The zero-order valence-corrected chi connectivity index (χ0v) is 13.0. The molecule has 0 saturated heterocycles. The summed E-state index contributed by atoms with van der Waals surface area (Å²) in [5, 5.41) is 0.873. The smallest absolute Gasteiger partial charge is 0.0544 e. The fourth-order valence-corrected chi connectivity index (χ4v) is 3.28. The van der Waals surface area contributed by atoms with Gasteiger partial charge in [-0.25, -0.2) is 0 Å². The lowest BCUT2D eigenvalue weighted by molar-refractivity contribution is 0.641. The zero-order valence-electron chi connectivity index (χ0n) is 11.4. The van der Waals surface area contributed by atoms with Gasteiger partial charge in [-0.1, -0.05) is 50.4 Å². The van der Waals surface area contributed by atoms with Crippen LogP contribution in [0.15, 0.2) is 23.1 Å². The van der Waals surface area contributed by atoms with Crippen LogP contribution in [0.1, 0.15) is 45.1 Å². The Hall–Kier alpha value is -0.180. The predicted molar refractivity (Wildman–Crippen MR) is 83.7 cm³/mol. The van der Waals surface area contributed by atoms with Gasteiger partial charge in [-0.2, -0.15) is 0 Å². The predicted octanol–water partition coefficient (Wildman–Crippen LogP) is 4.90. The van der Waals surface area contributed by atoms with Crippen LogP contribution >= 0.6 is 23.4 Å². The Morgan fingerprint density at radius 3 is 2.72 bits per heavy atom. The third-order valence-electron chi connectivity index (χ3n) is 3.05. The van der Waals surface area contributed by atoms with Crippen molar-refractivity contribution in [2.75, 3.05) is 5.75 Å². The minimum atomic E-state index is 0.235. The van der Waals surface area contributed by atoms with Gasteiger partial charge in [0.2, 0.25) is 0 Å². The Morgan fingerprint density at radius 2 is 2.06 bits per heavy atom. The van der Waals surface area contributed by atoms with Crippen molar-refractivity contribution < 1.29 is 0 Å². The Kier molecular flexibility index (Phi) is 7.80. The van der Waals surface area contributed by atoms with E-state index in [-0.39, 0.29) is 6.04 Å². The molecule has 0 aliphatic heterocycles. The van der Waals surface area contributed by atoms with Gasteiger partial charge in [0.25, 0.3) is 0 Å². The van der Waals surface area contributed by atoms with Gasteiger partial charge in [-0.05, 0) is 36.6 Å². The molecule has 0 spiro atoms. The summed E-state index contributed by atoms with van der Waals surface area (Å²) in [6, 6.07) is 6.39. The number of hydrogen-bond donors (Lipinski definition) is 1. The summed E-state index contributed by atoms with van der Waals surface area (Å²) in [6.45, 7) is 4.36. The molecule has 0 amide bonds. The van der Waals surface area contributed by atoms with Gasteiger partial charge < -0.3 is 5.73 Å². The summed E-state index contributed by atoms with van der Waals surface area (Å²) < 4.78 is 0. The van der Waals surface area contributed by atoms with Crippen molar-refractivity contribution in [1.29, 1.82) is 0 Å². The van der Waals surface area contributed by atoms with Crippen molar-refractivity contribution in [1.82, 2.24) is 0 Å². The Morgan fingerprint density at radius 1 is 1.28 bits per heavy atom. The van der Waals surface area contributed by atoms with Crippen LogP contribution in [-0.4, -0.2) is 11.8 Å². The van der Waals surface area contributed by atoms with Gasteiger partial charge in [0.1, 0.15) is 0 Å². The van der Waals surface area contributed by atoms with Crippen molar-refractivity contribution in [3.05, 3.63) is 28.8 Å². The fraction of sp³-hybridized carbons (Fsp3) is 0.600. The summed E-state index contributed by atoms with van der Waals surface area (Å²) in [4.78, 5) is 1.24. The highest BCUT2D eigenvalue weighted by Crippen LogP contribution is 2.32. The number of benzene rings is 1. The standard InChI is InChI=1S/C15H24ClNS/c1-3-5-6-10-18-15-12(11-13(17)4-2)8-7-9-14(15)16/h7-9,13H,3-6,10-11,17H2,1-2H3. The minimum absolute atomic E-state index is 0.235. The number of hydrogen-bond acceptors (Lipinski definition) is 2. The molecule has 2 N–H and O–H groups in total. The van der Waals surface area contributed by atoms with Crippen molar-refractivity contribution in [2.24, 2.45) is 5.73 Å². The molecule has 0 aliphatic carbocycles. The van der Waals surface area contributed by atoms with Crippen LogP contribution in [0.2, 0.25) is 5.02 Å². The minimum Gasteiger partial charge on any atom is -0.327 e. The van der Waals surface area contributed by atoms with Gasteiger partial charge >= 0.3 is 0 Å². The summed E-state index contributed by atoms with van der Waals surface area (Å²) in [5.74, 6) is 1.14. The lowest BCUT2D eigenvalue weighted by Crippen LogP contribution is -2.21. The van der Waals surface area contributed by atoms with Gasteiger partial charge in [-0.3, -0.25) is 0 Å². The number of thioether (sulfide) groups is 1. The molecule has 0 heterocycles. The van der Waals surface area contributed by atoms with Crippen LogP contribution in [0.3, 0.4) is 0 Å². The van der Waals surface area contributed by atoms with E-state index in [0.29, 0.717) is 0 Å². The van der Waals surface area contributed by atoms with Crippen LogP contribution in [0.4, 0.5) is 0 Å². The molecule has 102 valence electrons. The molecule has 1 aromatic carbocycles. The molecule has 18 heavy (non-hydrogen) atoms. The quantitative estimate of drug-likeness (QED) is 0.543. The van der Waals surface area contributed by atoms with E-state index in [1.54, 1.807) is 0 Å². The normalized spacial score (nSPS) is 12.7. The van der Waals surface area contributed by atoms with E-state index in [1.807, 2.05) is 23.9 Å². The maximum absolute atomic E-state index is 6.31.